The van der Waals surface area contributed by atoms with Gasteiger partial charge in [0, 0.05) is 40.0 Å². The quantitative estimate of drug-likeness (QED) is 0.236. The van der Waals surface area contributed by atoms with E-state index in [1.54, 1.807) is 18.4 Å². The fourth-order valence-corrected chi connectivity index (χ4v) is 4.24. The second-order valence-electron chi connectivity index (χ2n) is 6.82. The van der Waals surface area contributed by atoms with Gasteiger partial charge in [0.15, 0.2) is 5.96 Å². The lowest BCUT2D eigenvalue weighted by Gasteiger charge is -2.15. The molecule has 0 amide bonds. The van der Waals surface area contributed by atoms with E-state index in [-0.39, 0.29) is 24.0 Å². The van der Waals surface area contributed by atoms with Crippen LogP contribution in [0.15, 0.2) is 41.5 Å². The smallest absolute Gasteiger partial charge is 0.191 e. The Morgan fingerprint density at radius 2 is 2.03 bits per heavy atom. The summed E-state index contributed by atoms with van der Waals surface area (Å²) in [5, 5.41) is 18.2. The van der Waals surface area contributed by atoms with Crippen molar-refractivity contribution in [3.63, 3.8) is 0 Å². The zero-order chi connectivity index (χ0) is 20.8. The number of nitrogens with zero attached hydrogens (tertiary/aromatic N) is 2. The van der Waals surface area contributed by atoms with Crippen molar-refractivity contribution in [1.82, 2.24) is 15.6 Å². The van der Waals surface area contributed by atoms with E-state index in [2.05, 4.69) is 32.7 Å². The maximum absolute atomic E-state index is 10.6. The SMILES string of the molecule is CCNC(=NCc1ncc(C)c(OC)c1C)NCC(O)c1cc2ccccc2s1.I. The molecule has 3 rings (SSSR count). The van der Waals surface area contributed by atoms with Crippen molar-refractivity contribution >= 4 is 51.4 Å². The van der Waals surface area contributed by atoms with Crippen LogP contribution in [0.1, 0.15) is 34.7 Å². The van der Waals surface area contributed by atoms with Crippen molar-refractivity contribution in [3.05, 3.63) is 58.2 Å². The van der Waals surface area contributed by atoms with Crippen LogP contribution in [0.2, 0.25) is 0 Å². The fraction of sp³-hybridized carbons (Fsp3) is 0.364. The number of hydrogen-bond acceptors (Lipinski definition) is 5. The van der Waals surface area contributed by atoms with Crippen LogP contribution >= 0.6 is 35.3 Å². The second-order valence-corrected chi connectivity index (χ2v) is 7.94. The molecule has 30 heavy (non-hydrogen) atoms. The second kappa shape index (κ2) is 11.5. The summed E-state index contributed by atoms with van der Waals surface area (Å²) < 4.78 is 6.65. The van der Waals surface area contributed by atoms with Gasteiger partial charge >= 0.3 is 0 Å². The number of nitrogens with one attached hydrogen (secondary N) is 2. The van der Waals surface area contributed by atoms with Crippen LogP contribution in [0, 0.1) is 13.8 Å². The summed E-state index contributed by atoms with van der Waals surface area (Å²) in [7, 11) is 1.67. The summed E-state index contributed by atoms with van der Waals surface area (Å²) in [6.07, 6.45) is 1.21. The van der Waals surface area contributed by atoms with Gasteiger partial charge in [-0.05, 0) is 38.3 Å². The number of benzene rings is 1. The van der Waals surface area contributed by atoms with Gasteiger partial charge in [-0.3, -0.25) is 4.98 Å². The molecule has 1 aromatic carbocycles. The molecule has 0 saturated heterocycles. The van der Waals surface area contributed by atoms with Crippen LogP contribution in [-0.4, -0.2) is 36.2 Å². The molecule has 1 unspecified atom stereocenters. The number of guanidine groups is 1. The minimum absolute atomic E-state index is 0. The van der Waals surface area contributed by atoms with Crippen LogP contribution in [0.4, 0.5) is 0 Å². The number of hydrogen-bond donors (Lipinski definition) is 3. The molecular formula is C22H29IN4O2S. The molecule has 3 aromatic rings. The van der Waals surface area contributed by atoms with E-state index in [0.717, 1.165) is 39.4 Å². The third kappa shape index (κ3) is 5.83. The number of aromatic nitrogens is 1. The lowest BCUT2D eigenvalue weighted by atomic mass is 10.1. The van der Waals surface area contributed by atoms with Gasteiger partial charge in [0.25, 0.3) is 0 Å². The van der Waals surface area contributed by atoms with E-state index in [4.69, 9.17) is 4.74 Å². The number of halogens is 1. The number of ether oxygens (including phenoxy) is 1. The Morgan fingerprint density at radius 1 is 1.27 bits per heavy atom. The van der Waals surface area contributed by atoms with Crippen LogP contribution < -0.4 is 15.4 Å². The lowest BCUT2D eigenvalue weighted by Crippen LogP contribution is -2.39. The molecule has 2 aromatic heterocycles. The van der Waals surface area contributed by atoms with Crippen LogP contribution in [-0.2, 0) is 6.54 Å². The molecule has 6 nitrogen and oxygen atoms in total. The zero-order valence-corrected chi connectivity index (χ0v) is 20.9. The topological polar surface area (TPSA) is 78.8 Å². The molecule has 3 N–H and O–H groups in total. The van der Waals surface area contributed by atoms with Gasteiger partial charge in [0.05, 0.1) is 19.3 Å². The summed E-state index contributed by atoms with van der Waals surface area (Å²) >= 11 is 1.61. The summed E-state index contributed by atoms with van der Waals surface area (Å²) in [4.78, 5) is 10.1. The monoisotopic (exact) mass is 540 g/mol. The van der Waals surface area contributed by atoms with Gasteiger partial charge in [-0.1, -0.05) is 18.2 Å². The van der Waals surface area contributed by atoms with Crippen molar-refractivity contribution < 1.29 is 9.84 Å². The van der Waals surface area contributed by atoms with E-state index >= 15 is 0 Å². The predicted octanol–water partition coefficient (Wildman–Crippen LogP) is 4.33. The number of rotatable bonds is 7. The van der Waals surface area contributed by atoms with Gasteiger partial charge in [0.1, 0.15) is 11.9 Å². The molecule has 0 aliphatic heterocycles. The number of thiophene rings is 1. The third-order valence-corrected chi connectivity index (χ3v) is 5.93. The highest BCUT2D eigenvalue weighted by molar-refractivity contribution is 14.0. The molecule has 162 valence electrons. The number of aryl methyl sites for hydroxylation is 1. The number of aliphatic hydroxyl groups is 1. The maximum Gasteiger partial charge on any atom is 0.191 e. The Bertz CT molecular complexity index is 973. The van der Waals surface area contributed by atoms with Gasteiger partial charge in [-0.2, -0.15) is 0 Å². The first kappa shape index (κ1) is 24.4. The van der Waals surface area contributed by atoms with Crippen molar-refractivity contribution in [1.29, 1.82) is 0 Å². The molecule has 0 saturated carbocycles. The average molecular weight is 540 g/mol. The first-order chi connectivity index (χ1) is 14.0. The number of aliphatic imine (C=N–C) groups is 1. The minimum atomic E-state index is -0.601. The van der Waals surface area contributed by atoms with Gasteiger partial charge in [-0.25, -0.2) is 4.99 Å². The zero-order valence-electron chi connectivity index (χ0n) is 17.7. The molecule has 0 radical (unpaired) electrons. The molecule has 0 bridgehead atoms. The number of fused-ring (bicyclic) bond motifs is 1. The highest BCUT2D eigenvalue weighted by Gasteiger charge is 2.13. The van der Waals surface area contributed by atoms with E-state index in [9.17, 15) is 5.11 Å². The summed E-state index contributed by atoms with van der Waals surface area (Å²) in [6.45, 7) is 7.52. The van der Waals surface area contributed by atoms with Gasteiger partial charge in [-0.15, -0.1) is 35.3 Å². The predicted molar refractivity (Wildman–Crippen MR) is 135 cm³/mol. The lowest BCUT2D eigenvalue weighted by molar-refractivity contribution is 0.184. The van der Waals surface area contributed by atoms with E-state index in [1.807, 2.05) is 45.2 Å². The summed E-state index contributed by atoms with van der Waals surface area (Å²) in [6, 6.07) is 10.2. The minimum Gasteiger partial charge on any atom is -0.496 e. The maximum atomic E-state index is 10.6. The first-order valence-electron chi connectivity index (χ1n) is 9.71. The Labute approximate surface area is 198 Å². The standard InChI is InChI=1S/C22H28N4O2S.HI/c1-5-23-22(25-12-17-15(3)21(28-4)14(2)11-24-17)26-13-18(27)20-10-16-8-6-7-9-19(16)29-20;/h6-11,18,27H,5,12-13H2,1-4H3,(H2,23,25,26);1H. The van der Waals surface area contributed by atoms with Crippen LogP contribution in [0.25, 0.3) is 10.1 Å². The molecule has 8 heteroatoms. The third-order valence-electron chi connectivity index (χ3n) is 4.72. The van der Waals surface area contributed by atoms with Crippen molar-refractivity contribution in [3.8, 4) is 5.75 Å². The Kier molecular flexibility index (Phi) is 9.32. The fourth-order valence-electron chi connectivity index (χ4n) is 3.19. The highest BCUT2D eigenvalue weighted by Crippen LogP contribution is 2.29. The van der Waals surface area contributed by atoms with Crippen LogP contribution in [0.3, 0.4) is 0 Å². The van der Waals surface area contributed by atoms with E-state index in [1.165, 1.54) is 4.70 Å². The molecule has 0 aliphatic carbocycles. The highest BCUT2D eigenvalue weighted by atomic mass is 127. The molecule has 0 fully saturated rings. The summed E-state index contributed by atoms with van der Waals surface area (Å²) in [5.74, 6) is 1.50. The van der Waals surface area contributed by atoms with Crippen molar-refractivity contribution in [2.24, 2.45) is 4.99 Å². The summed E-state index contributed by atoms with van der Waals surface area (Å²) in [5.41, 5.74) is 2.88. The van der Waals surface area contributed by atoms with E-state index < -0.39 is 6.10 Å². The van der Waals surface area contributed by atoms with Crippen molar-refractivity contribution in [2.75, 3.05) is 20.2 Å². The van der Waals surface area contributed by atoms with Gasteiger partial charge < -0.3 is 20.5 Å². The Morgan fingerprint density at radius 3 is 2.73 bits per heavy atom. The molecule has 0 spiro atoms. The molecule has 1 atom stereocenters. The largest absolute Gasteiger partial charge is 0.496 e. The normalized spacial score (nSPS) is 12.4. The number of aliphatic hydroxyl groups excluding tert-OH is 1. The Balaban J connectivity index is 0.00000320. The van der Waals surface area contributed by atoms with Crippen LogP contribution in [0.5, 0.6) is 5.75 Å². The number of pyridine rings is 1. The number of methoxy groups -OCH3 is 1. The van der Waals surface area contributed by atoms with Crippen molar-refractivity contribution in [2.45, 2.75) is 33.4 Å². The Hall–Kier alpha value is -1.91. The van der Waals surface area contributed by atoms with E-state index in [0.29, 0.717) is 19.0 Å². The first-order valence-corrected chi connectivity index (χ1v) is 10.5. The average Bonchev–Trinajstić information content (AvgIpc) is 3.16. The molecular weight excluding hydrogens is 511 g/mol. The molecule has 0 aliphatic rings. The van der Waals surface area contributed by atoms with Gasteiger partial charge in [0.2, 0.25) is 0 Å². The molecule has 2 heterocycles.